The van der Waals surface area contributed by atoms with E-state index in [1.54, 1.807) is 0 Å². The fraction of sp³-hybridized carbons (Fsp3) is 1.00. The van der Waals surface area contributed by atoms with Gasteiger partial charge in [-0.15, -0.1) is 0 Å². The first-order valence-corrected chi connectivity index (χ1v) is 8.27. The van der Waals surface area contributed by atoms with Crippen LogP contribution in [-0.2, 0) is 9.47 Å². The van der Waals surface area contributed by atoms with Crippen molar-refractivity contribution in [3.63, 3.8) is 0 Å². The van der Waals surface area contributed by atoms with Crippen molar-refractivity contribution >= 4 is 0 Å². The molecule has 0 radical (unpaired) electrons. The van der Waals surface area contributed by atoms with Crippen molar-refractivity contribution in [1.29, 1.82) is 0 Å². The number of nitrogens with one attached hydrogen (secondary N) is 1. The maximum atomic E-state index is 10.7. The second-order valence-corrected chi connectivity index (χ2v) is 7.33. The van der Waals surface area contributed by atoms with E-state index in [9.17, 15) is 5.11 Å². The highest BCUT2D eigenvalue weighted by molar-refractivity contribution is 4.94. The van der Waals surface area contributed by atoms with Gasteiger partial charge in [-0.1, -0.05) is 19.8 Å². The van der Waals surface area contributed by atoms with Crippen LogP contribution >= 0.6 is 0 Å². The lowest BCUT2D eigenvalue weighted by Gasteiger charge is -2.40. The highest BCUT2D eigenvalue weighted by Crippen LogP contribution is 2.34. The van der Waals surface area contributed by atoms with Crippen LogP contribution < -0.4 is 5.32 Å². The third-order valence-corrected chi connectivity index (χ3v) is 5.35. The largest absolute Gasteiger partial charge is 0.389 e. The zero-order valence-electron chi connectivity index (χ0n) is 12.7. The highest BCUT2D eigenvalue weighted by Gasteiger charge is 2.41. The van der Waals surface area contributed by atoms with E-state index in [2.05, 4.69) is 12.2 Å². The van der Waals surface area contributed by atoms with Gasteiger partial charge in [-0.2, -0.15) is 0 Å². The van der Waals surface area contributed by atoms with Gasteiger partial charge in [-0.3, -0.25) is 0 Å². The first kappa shape index (κ1) is 14.8. The molecule has 0 bridgehead atoms. The third kappa shape index (κ3) is 3.35. The minimum Gasteiger partial charge on any atom is -0.389 e. The van der Waals surface area contributed by atoms with E-state index >= 15 is 0 Å². The number of hydrogen-bond donors (Lipinski definition) is 2. The molecule has 3 aliphatic rings. The molecule has 1 spiro atoms. The first-order valence-electron chi connectivity index (χ1n) is 8.27. The maximum Gasteiger partial charge on any atom is 0.0951 e. The van der Waals surface area contributed by atoms with Crippen molar-refractivity contribution in [3.05, 3.63) is 0 Å². The van der Waals surface area contributed by atoms with Gasteiger partial charge in [0.15, 0.2) is 0 Å². The Kier molecular flexibility index (Phi) is 4.37. The minimum atomic E-state index is -0.491. The second-order valence-electron chi connectivity index (χ2n) is 7.33. The van der Waals surface area contributed by atoms with Crippen LogP contribution in [-0.4, -0.2) is 48.7 Å². The van der Waals surface area contributed by atoms with Crippen LogP contribution in [0.25, 0.3) is 0 Å². The van der Waals surface area contributed by atoms with E-state index in [0.717, 1.165) is 64.9 Å². The molecule has 4 atom stereocenters. The van der Waals surface area contributed by atoms with Crippen LogP contribution in [0.3, 0.4) is 0 Å². The van der Waals surface area contributed by atoms with E-state index in [0.29, 0.717) is 12.0 Å². The van der Waals surface area contributed by atoms with Gasteiger partial charge in [0.2, 0.25) is 0 Å². The molecule has 2 heterocycles. The second kappa shape index (κ2) is 5.91. The Bertz CT molecular complexity index is 330. The minimum absolute atomic E-state index is 0.0433. The van der Waals surface area contributed by atoms with Gasteiger partial charge in [0.05, 0.1) is 17.8 Å². The molecule has 116 valence electrons. The Morgan fingerprint density at radius 2 is 2.10 bits per heavy atom. The summed E-state index contributed by atoms with van der Waals surface area (Å²) in [6.45, 7) is 5.37. The molecule has 2 saturated heterocycles. The van der Waals surface area contributed by atoms with Gasteiger partial charge in [0, 0.05) is 32.2 Å². The van der Waals surface area contributed by atoms with Crippen molar-refractivity contribution in [2.45, 2.75) is 69.1 Å². The Hall–Kier alpha value is -0.160. The fourth-order valence-electron chi connectivity index (χ4n) is 4.19. The molecule has 4 nitrogen and oxygen atoms in total. The van der Waals surface area contributed by atoms with Crippen LogP contribution in [0.2, 0.25) is 0 Å². The Balaban J connectivity index is 1.50. The Morgan fingerprint density at radius 1 is 1.20 bits per heavy atom. The summed E-state index contributed by atoms with van der Waals surface area (Å²) in [4.78, 5) is 0. The predicted molar refractivity (Wildman–Crippen MR) is 77.7 cm³/mol. The van der Waals surface area contributed by atoms with Gasteiger partial charge in [0.1, 0.15) is 0 Å². The van der Waals surface area contributed by atoms with Crippen LogP contribution in [0.4, 0.5) is 0 Å². The zero-order chi connectivity index (χ0) is 14.1. The molecule has 3 fully saturated rings. The summed E-state index contributed by atoms with van der Waals surface area (Å²) in [5.41, 5.74) is -0.534. The van der Waals surface area contributed by atoms with Gasteiger partial charge >= 0.3 is 0 Å². The summed E-state index contributed by atoms with van der Waals surface area (Å²) >= 11 is 0. The van der Waals surface area contributed by atoms with Crippen LogP contribution in [0.1, 0.15) is 51.9 Å². The fourth-order valence-corrected chi connectivity index (χ4v) is 4.19. The lowest BCUT2D eigenvalue weighted by molar-refractivity contribution is -0.0929. The van der Waals surface area contributed by atoms with Crippen molar-refractivity contribution < 1.29 is 14.6 Å². The molecule has 0 aromatic heterocycles. The molecule has 4 heteroatoms. The average molecular weight is 283 g/mol. The Morgan fingerprint density at radius 3 is 2.85 bits per heavy atom. The summed E-state index contributed by atoms with van der Waals surface area (Å²) in [5.74, 6) is 0.653. The standard InChI is InChI=1S/C16H29NO3/c1-13-3-2-5-15(18,9-13)11-17-14-4-7-20-16(10-14)6-8-19-12-16/h13-14,17-18H,2-12H2,1H3. The van der Waals surface area contributed by atoms with Crippen molar-refractivity contribution in [2.75, 3.05) is 26.4 Å². The lowest BCUT2D eigenvalue weighted by Crippen LogP contribution is -2.52. The van der Waals surface area contributed by atoms with Crippen LogP contribution in [0.15, 0.2) is 0 Å². The molecule has 2 N–H and O–H groups in total. The summed E-state index contributed by atoms with van der Waals surface area (Å²) < 4.78 is 11.5. The van der Waals surface area contributed by atoms with Crippen LogP contribution in [0.5, 0.6) is 0 Å². The molecule has 4 unspecified atom stereocenters. The van der Waals surface area contributed by atoms with E-state index in [1.165, 1.54) is 6.42 Å². The van der Waals surface area contributed by atoms with E-state index < -0.39 is 5.60 Å². The molecule has 1 aliphatic carbocycles. The molecular formula is C16H29NO3. The maximum absolute atomic E-state index is 10.7. The number of hydrogen-bond acceptors (Lipinski definition) is 4. The van der Waals surface area contributed by atoms with Gasteiger partial charge in [-0.05, 0) is 31.6 Å². The van der Waals surface area contributed by atoms with E-state index in [-0.39, 0.29) is 5.60 Å². The van der Waals surface area contributed by atoms with Gasteiger partial charge < -0.3 is 19.9 Å². The smallest absolute Gasteiger partial charge is 0.0951 e. The van der Waals surface area contributed by atoms with Gasteiger partial charge in [0.25, 0.3) is 0 Å². The summed E-state index contributed by atoms with van der Waals surface area (Å²) in [6, 6.07) is 0.465. The van der Waals surface area contributed by atoms with Crippen LogP contribution in [0, 0.1) is 5.92 Å². The van der Waals surface area contributed by atoms with E-state index in [1.807, 2.05) is 0 Å². The van der Waals surface area contributed by atoms with Crippen molar-refractivity contribution in [1.82, 2.24) is 5.32 Å². The molecule has 1 saturated carbocycles. The molecule has 2 aliphatic heterocycles. The van der Waals surface area contributed by atoms with Crippen molar-refractivity contribution in [3.8, 4) is 0 Å². The molecule has 0 aromatic carbocycles. The number of aliphatic hydroxyl groups is 1. The molecule has 0 aromatic rings. The molecular weight excluding hydrogens is 254 g/mol. The average Bonchev–Trinajstić information content (AvgIpc) is 2.84. The third-order valence-electron chi connectivity index (χ3n) is 5.35. The summed E-state index contributed by atoms with van der Waals surface area (Å²) in [6.07, 6.45) is 7.41. The first-order chi connectivity index (χ1) is 9.59. The normalized spacial score (nSPS) is 45.9. The predicted octanol–water partition coefficient (Wildman–Crippen LogP) is 1.86. The zero-order valence-corrected chi connectivity index (χ0v) is 12.7. The lowest BCUT2D eigenvalue weighted by atomic mass is 9.78. The monoisotopic (exact) mass is 283 g/mol. The number of rotatable bonds is 3. The molecule has 3 rings (SSSR count). The Labute approximate surface area is 122 Å². The SMILES string of the molecule is CC1CCCC(O)(CNC2CCOC3(CCOC3)C2)C1. The molecule has 20 heavy (non-hydrogen) atoms. The highest BCUT2D eigenvalue weighted by atomic mass is 16.6. The number of ether oxygens (including phenoxy) is 2. The summed E-state index contributed by atoms with van der Waals surface area (Å²) in [5, 5.41) is 14.3. The van der Waals surface area contributed by atoms with Gasteiger partial charge in [-0.25, -0.2) is 0 Å². The molecule has 0 amide bonds. The van der Waals surface area contributed by atoms with E-state index in [4.69, 9.17) is 9.47 Å². The summed E-state index contributed by atoms with van der Waals surface area (Å²) in [7, 11) is 0. The van der Waals surface area contributed by atoms with Crippen molar-refractivity contribution in [2.24, 2.45) is 5.92 Å². The quantitative estimate of drug-likeness (QED) is 0.830. The topological polar surface area (TPSA) is 50.7 Å².